The van der Waals surface area contributed by atoms with Crippen LogP contribution in [-0.4, -0.2) is 41.2 Å². The third-order valence-corrected chi connectivity index (χ3v) is 7.20. The fourth-order valence-electron chi connectivity index (χ4n) is 3.84. The lowest BCUT2D eigenvalue weighted by atomic mass is 9.96. The molecule has 1 aliphatic rings. The Morgan fingerprint density at radius 2 is 1.67 bits per heavy atom. The van der Waals surface area contributed by atoms with E-state index in [1.807, 2.05) is 6.07 Å². The van der Waals surface area contributed by atoms with Crippen molar-refractivity contribution in [2.24, 2.45) is 0 Å². The highest BCUT2D eigenvalue weighted by molar-refractivity contribution is 7.89. The van der Waals surface area contributed by atoms with E-state index in [1.54, 1.807) is 45.4 Å². The molecule has 2 aromatic rings. The highest BCUT2D eigenvalue weighted by Crippen LogP contribution is 2.27. The maximum absolute atomic E-state index is 12.7. The highest BCUT2D eigenvalue weighted by atomic mass is 32.2. The molecule has 1 aliphatic carbocycles. The molecule has 0 aliphatic heterocycles. The molecule has 1 fully saturated rings. The van der Waals surface area contributed by atoms with E-state index in [2.05, 4.69) is 10.0 Å². The van der Waals surface area contributed by atoms with E-state index in [4.69, 9.17) is 14.2 Å². The van der Waals surface area contributed by atoms with Crippen LogP contribution < -0.4 is 24.2 Å². The minimum absolute atomic E-state index is 0.00523. The molecule has 8 nitrogen and oxygen atoms in total. The maximum Gasteiger partial charge on any atom is 0.258 e. The fraction of sp³-hybridized carbons (Fsp3) is 0.458. The summed E-state index contributed by atoms with van der Waals surface area (Å²) in [6, 6.07) is 10.1. The van der Waals surface area contributed by atoms with E-state index < -0.39 is 10.0 Å². The Balaban J connectivity index is 1.53. The van der Waals surface area contributed by atoms with Crippen molar-refractivity contribution in [2.75, 3.05) is 20.8 Å². The van der Waals surface area contributed by atoms with E-state index in [1.165, 1.54) is 6.07 Å². The van der Waals surface area contributed by atoms with Gasteiger partial charge in [0, 0.05) is 12.6 Å². The quantitative estimate of drug-likeness (QED) is 0.545. The van der Waals surface area contributed by atoms with Crippen LogP contribution in [0.25, 0.3) is 0 Å². The minimum atomic E-state index is -3.58. The molecule has 1 amide bonds. The number of benzene rings is 2. The molecular formula is C24H32N2O6S. The molecule has 0 heterocycles. The van der Waals surface area contributed by atoms with Gasteiger partial charge in [-0.1, -0.05) is 25.3 Å². The first-order chi connectivity index (χ1) is 15.8. The van der Waals surface area contributed by atoms with Crippen LogP contribution in [0.1, 0.15) is 43.2 Å². The van der Waals surface area contributed by atoms with E-state index >= 15 is 0 Å². The predicted octanol–water partition coefficient (Wildman–Crippen LogP) is 3.32. The van der Waals surface area contributed by atoms with Crippen molar-refractivity contribution in [2.45, 2.75) is 56.5 Å². The number of hydrogen-bond donors (Lipinski definition) is 2. The third kappa shape index (κ3) is 6.85. The Labute approximate surface area is 195 Å². The first kappa shape index (κ1) is 24.9. The summed E-state index contributed by atoms with van der Waals surface area (Å²) in [5.74, 6) is 1.38. The highest BCUT2D eigenvalue weighted by Gasteiger charge is 2.22. The molecule has 0 radical (unpaired) electrons. The number of hydrogen-bond acceptors (Lipinski definition) is 6. The standard InChI is InChI=1S/C24H32N2O6S/c1-17-13-20(33(28,29)26-19-7-5-4-6-8-19)10-12-21(17)32-16-24(27)25-15-18-9-11-22(30-2)23(14-18)31-3/h9-14,19,26H,4-8,15-16H2,1-3H3,(H,25,27). The SMILES string of the molecule is COc1ccc(CNC(=O)COc2ccc(S(=O)(=O)NC3CCCCC3)cc2C)cc1OC. The second-order valence-electron chi connectivity index (χ2n) is 8.14. The second kappa shape index (κ2) is 11.4. The van der Waals surface area contributed by atoms with Crippen LogP contribution in [0.4, 0.5) is 0 Å². The smallest absolute Gasteiger partial charge is 0.258 e. The van der Waals surface area contributed by atoms with Gasteiger partial charge in [-0.25, -0.2) is 13.1 Å². The molecule has 1 saturated carbocycles. The summed E-state index contributed by atoms with van der Waals surface area (Å²) in [6.45, 7) is 1.89. The summed E-state index contributed by atoms with van der Waals surface area (Å²) in [4.78, 5) is 12.4. The number of rotatable bonds is 10. The van der Waals surface area contributed by atoms with E-state index in [0.717, 1.165) is 37.7 Å². The monoisotopic (exact) mass is 476 g/mol. The van der Waals surface area contributed by atoms with Crippen molar-refractivity contribution in [3.8, 4) is 17.2 Å². The zero-order chi connectivity index (χ0) is 23.8. The van der Waals surface area contributed by atoms with E-state index in [9.17, 15) is 13.2 Å². The summed E-state index contributed by atoms with van der Waals surface area (Å²) in [5, 5.41) is 2.79. The molecule has 9 heteroatoms. The van der Waals surface area contributed by atoms with E-state index in [0.29, 0.717) is 29.4 Å². The Hall–Kier alpha value is -2.78. The third-order valence-electron chi connectivity index (χ3n) is 5.68. The Kier molecular flexibility index (Phi) is 8.57. The molecule has 0 spiro atoms. The van der Waals surface area contributed by atoms with Gasteiger partial charge >= 0.3 is 0 Å². The summed E-state index contributed by atoms with van der Waals surface area (Å²) in [6.07, 6.45) is 5.00. The molecule has 2 N–H and O–H groups in total. The molecular weight excluding hydrogens is 444 g/mol. The lowest BCUT2D eigenvalue weighted by Gasteiger charge is -2.22. The Bertz CT molecular complexity index is 1060. The number of methoxy groups -OCH3 is 2. The number of aryl methyl sites for hydroxylation is 1. The van der Waals surface area contributed by atoms with E-state index in [-0.39, 0.29) is 23.5 Å². The van der Waals surface area contributed by atoms with Crippen molar-refractivity contribution in [3.63, 3.8) is 0 Å². The van der Waals surface area contributed by atoms with Crippen molar-refractivity contribution >= 4 is 15.9 Å². The number of sulfonamides is 1. The second-order valence-corrected chi connectivity index (χ2v) is 9.85. The Morgan fingerprint density at radius 1 is 0.970 bits per heavy atom. The van der Waals surface area contributed by atoms with Gasteiger partial charge < -0.3 is 19.5 Å². The Morgan fingerprint density at radius 3 is 2.33 bits per heavy atom. The molecule has 180 valence electrons. The van der Waals surface area contributed by atoms with Gasteiger partial charge in [0.25, 0.3) is 5.91 Å². The average molecular weight is 477 g/mol. The number of nitrogens with one attached hydrogen (secondary N) is 2. The largest absolute Gasteiger partial charge is 0.493 e. The summed E-state index contributed by atoms with van der Waals surface area (Å²) >= 11 is 0. The lowest BCUT2D eigenvalue weighted by molar-refractivity contribution is -0.123. The number of carbonyl (C=O) groups is 1. The molecule has 3 rings (SSSR count). The van der Waals surface area contributed by atoms with Crippen LogP contribution in [0, 0.1) is 6.92 Å². The van der Waals surface area contributed by atoms with Gasteiger partial charge in [0.15, 0.2) is 18.1 Å². The summed E-state index contributed by atoms with van der Waals surface area (Å²) < 4.78 is 44.3. The van der Waals surface area contributed by atoms with Crippen LogP contribution in [0.5, 0.6) is 17.2 Å². The van der Waals surface area contributed by atoms with Gasteiger partial charge in [0.1, 0.15) is 5.75 Å². The predicted molar refractivity (Wildman–Crippen MR) is 125 cm³/mol. The summed E-state index contributed by atoms with van der Waals surface area (Å²) in [7, 11) is -0.467. The number of carbonyl (C=O) groups excluding carboxylic acids is 1. The van der Waals surface area contributed by atoms with Gasteiger partial charge in [-0.15, -0.1) is 0 Å². The van der Waals surface area contributed by atoms with Gasteiger partial charge in [0.05, 0.1) is 19.1 Å². The zero-order valence-corrected chi connectivity index (χ0v) is 20.2. The van der Waals surface area contributed by atoms with Crippen LogP contribution in [0.2, 0.25) is 0 Å². The van der Waals surface area contributed by atoms with Crippen LogP contribution in [-0.2, 0) is 21.4 Å². The first-order valence-electron chi connectivity index (χ1n) is 11.1. The summed E-state index contributed by atoms with van der Waals surface area (Å²) in [5.41, 5.74) is 1.51. The van der Waals surface area contributed by atoms with Crippen molar-refractivity contribution < 1.29 is 27.4 Å². The van der Waals surface area contributed by atoms with Crippen LogP contribution in [0.15, 0.2) is 41.3 Å². The maximum atomic E-state index is 12.7. The normalized spacial score (nSPS) is 14.5. The number of amides is 1. The number of ether oxygens (including phenoxy) is 3. The van der Waals surface area contributed by atoms with Crippen molar-refractivity contribution in [1.82, 2.24) is 10.0 Å². The molecule has 33 heavy (non-hydrogen) atoms. The minimum Gasteiger partial charge on any atom is -0.493 e. The van der Waals surface area contributed by atoms with Crippen molar-refractivity contribution in [1.29, 1.82) is 0 Å². The van der Waals surface area contributed by atoms with Gasteiger partial charge in [-0.2, -0.15) is 0 Å². The van der Waals surface area contributed by atoms with Crippen LogP contribution in [0.3, 0.4) is 0 Å². The van der Waals surface area contributed by atoms with Gasteiger partial charge in [-0.05, 0) is 61.2 Å². The molecule has 0 bridgehead atoms. The molecule has 0 unspecified atom stereocenters. The van der Waals surface area contributed by atoms with Gasteiger partial charge in [-0.3, -0.25) is 4.79 Å². The van der Waals surface area contributed by atoms with Gasteiger partial charge in [0.2, 0.25) is 10.0 Å². The molecule has 0 aromatic heterocycles. The van der Waals surface area contributed by atoms with Crippen LogP contribution >= 0.6 is 0 Å². The van der Waals surface area contributed by atoms with Crippen molar-refractivity contribution in [3.05, 3.63) is 47.5 Å². The average Bonchev–Trinajstić information content (AvgIpc) is 2.82. The molecule has 2 aromatic carbocycles. The molecule has 0 atom stereocenters. The lowest BCUT2D eigenvalue weighted by Crippen LogP contribution is -2.36. The molecule has 0 saturated heterocycles. The fourth-order valence-corrected chi connectivity index (χ4v) is 5.23. The zero-order valence-electron chi connectivity index (χ0n) is 19.3. The first-order valence-corrected chi connectivity index (χ1v) is 12.5. The topological polar surface area (TPSA) is 103 Å².